The maximum atomic E-state index is 12.5. The Morgan fingerprint density at radius 1 is 0.969 bits per heavy atom. The van der Waals surface area contributed by atoms with Crippen LogP contribution in [-0.2, 0) is 6.61 Å². The number of benzene rings is 3. The lowest BCUT2D eigenvalue weighted by Crippen LogP contribution is -2.00. The highest BCUT2D eigenvalue weighted by Gasteiger charge is 2.12. The summed E-state index contributed by atoms with van der Waals surface area (Å²) in [5, 5.41) is 1.08. The summed E-state index contributed by atoms with van der Waals surface area (Å²) in [5.41, 5.74) is 3.47. The van der Waals surface area contributed by atoms with Crippen molar-refractivity contribution >= 4 is 46.7 Å². The van der Waals surface area contributed by atoms with Gasteiger partial charge in [0.05, 0.1) is 17.2 Å². The highest BCUT2D eigenvalue weighted by atomic mass is 35.5. The zero-order valence-corrected chi connectivity index (χ0v) is 20.3. The van der Waals surface area contributed by atoms with Crippen molar-refractivity contribution in [2.24, 2.45) is 0 Å². The van der Waals surface area contributed by atoms with E-state index < -0.39 is 0 Å². The summed E-state index contributed by atoms with van der Waals surface area (Å²) in [7, 11) is 1.58. The van der Waals surface area contributed by atoms with Gasteiger partial charge in [-0.05, 0) is 47.4 Å². The van der Waals surface area contributed by atoms with Crippen LogP contribution in [-0.4, -0.2) is 12.9 Å². The fourth-order valence-corrected chi connectivity index (χ4v) is 4.06. The Morgan fingerprint density at radius 3 is 2.22 bits per heavy atom. The lowest BCUT2D eigenvalue weighted by Gasteiger charge is -2.13. The molecular formula is C26H23Cl3O3. The van der Waals surface area contributed by atoms with E-state index in [0.717, 1.165) is 11.1 Å². The van der Waals surface area contributed by atoms with E-state index in [1.807, 2.05) is 42.5 Å². The van der Waals surface area contributed by atoms with E-state index in [-0.39, 0.29) is 12.4 Å². The van der Waals surface area contributed by atoms with Gasteiger partial charge in [-0.25, -0.2) is 0 Å². The summed E-state index contributed by atoms with van der Waals surface area (Å²) in [6.45, 7) is 4.42. The third kappa shape index (κ3) is 6.07. The molecule has 0 aliphatic rings. The number of allylic oxidation sites excluding steroid dienone is 1. The molecule has 0 spiro atoms. The molecule has 0 aliphatic carbocycles. The molecule has 0 aliphatic heterocycles. The molecule has 3 rings (SSSR count). The molecule has 0 saturated heterocycles. The Hall–Kier alpha value is -2.46. The number of methoxy groups -OCH3 is 1. The second-order valence-electron chi connectivity index (χ2n) is 7.53. The van der Waals surface area contributed by atoms with Gasteiger partial charge < -0.3 is 9.47 Å². The molecule has 0 N–H and O–H groups in total. The first kappa shape index (κ1) is 24.2. The van der Waals surface area contributed by atoms with Crippen molar-refractivity contribution < 1.29 is 14.3 Å². The fourth-order valence-electron chi connectivity index (χ4n) is 3.13. The third-order valence-corrected chi connectivity index (χ3v) is 5.71. The largest absolute Gasteiger partial charge is 0.496 e. The summed E-state index contributed by atoms with van der Waals surface area (Å²) in [6, 6.07) is 16.4. The molecule has 0 fully saturated rings. The van der Waals surface area contributed by atoms with Crippen molar-refractivity contribution in [2.45, 2.75) is 26.4 Å². The van der Waals surface area contributed by atoms with Crippen molar-refractivity contribution in [1.82, 2.24) is 0 Å². The van der Waals surface area contributed by atoms with Crippen LogP contribution >= 0.6 is 34.8 Å². The van der Waals surface area contributed by atoms with Crippen LogP contribution in [0.5, 0.6) is 11.5 Å². The Balaban J connectivity index is 1.76. The number of hydrogen-bond acceptors (Lipinski definition) is 3. The summed E-state index contributed by atoms with van der Waals surface area (Å²) < 4.78 is 11.3. The monoisotopic (exact) mass is 488 g/mol. The van der Waals surface area contributed by atoms with Gasteiger partial charge in [0.1, 0.15) is 12.4 Å². The molecular weight excluding hydrogens is 467 g/mol. The first-order valence-electron chi connectivity index (χ1n) is 10.0. The SMILES string of the molecule is COc1ccc(/C=C/C(=O)c2ccc(C(C)C)cc2)cc1COc1c(Cl)cc(Cl)cc1Cl. The fraction of sp³-hybridized carbons (Fsp3) is 0.192. The van der Waals surface area contributed by atoms with Crippen LogP contribution in [0, 0.1) is 0 Å². The molecule has 3 aromatic carbocycles. The van der Waals surface area contributed by atoms with Gasteiger partial charge in [0.15, 0.2) is 11.5 Å². The van der Waals surface area contributed by atoms with Crippen LogP contribution in [0.2, 0.25) is 15.1 Å². The normalized spacial score (nSPS) is 11.2. The number of hydrogen-bond donors (Lipinski definition) is 0. The summed E-state index contributed by atoms with van der Waals surface area (Å²) in [4.78, 5) is 12.5. The molecule has 32 heavy (non-hydrogen) atoms. The lowest BCUT2D eigenvalue weighted by molar-refractivity contribution is 0.104. The first-order chi connectivity index (χ1) is 15.3. The van der Waals surface area contributed by atoms with E-state index >= 15 is 0 Å². The zero-order valence-electron chi connectivity index (χ0n) is 18.0. The van der Waals surface area contributed by atoms with E-state index in [1.54, 1.807) is 31.4 Å². The molecule has 0 radical (unpaired) electrons. The van der Waals surface area contributed by atoms with Crippen molar-refractivity contribution in [2.75, 3.05) is 7.11 Å². The number of ketones is 1. The average molecular weight is 490 g/mol. The Morgan fingerprint density at radius 2 is 1.62 bits per heavy atom. The highest BCUT2D eigenvalue weighted by molar-refractivity contribution is 6.40. The summed E-state index contributed by atoms with van der Waals surface area (Å²) >= 11 is 18.4. The van der Waals surface area contributed by atoms with Crippen molar-refractivity contribution in [3.8, 4) is 11.5 Å². The van der Waals surface area contributed by atoms with Crippen molar-refractivity contribution in [3.63, 3.8) is 0 Å². The molecule has 3 aromatic rings. The second kappa shape index (κ2) is 10.9. The van der Waals surface area contributed by atoms with E-state index in [9.17, 15) is 4.79 Å². The minimum Gasteiger partial charge on any atom is -0.496 e. The van der Waals surface area contributed by atoms with Gasteiger partial charge in [0.25, 0.3) is 0 Å². The number of rotatable bonds is 8. The van der Waals surface area contributed by atoms with Gasteiger partial charge in [0, 0.05) is 16.1 Å². The average Bonchev–Trinajstić information content (AvgIpc) is 2.76. The summed E-state index contributed by atoms with van der Waals surface area (Å²) in [5.74, 6) is 1.36. The van der Waals surface area contributed by atoms with Gasteiger partial charge in [-0.1, -0.05) is 85.1 Å². The van der Waals surface area contributed by atoms with Crippen LogP contribution in [0.3, 0.4) is 0 Å². The maximum Gasteiger partial charge on any atom is 0.185 e. The zero-order chi connectivity index (χ0) is 23.3. The Kier molecular flexibility index (Phi) is 8.25. The molecule has 3 nitrogen and oxygen atoms in total. The Bertz CT molecular complexity index is 1110. The van der Waals surface area contributed by atoms with Gasteiger partial charge in [-0.3, -0.25) is 4.79 Å². The van der Waals surface area contributed by atoms with Gasteiger partial charge in [-0.2, -0.15) is 0 Å². The predicted molar refractivity (Wildman–Crippen MR) is 133 cm³/mol. The van der Waals surface area contributed by atoms with E-state index in [1.165, 1.54) is 5.56 Å². The molecule has 0 atom stereocenters. The van der Waals surface area contributed by atoms with Crippen LogP contribution in [0.15, 0.2) is 60.7 Å². The highest BCUT2D eigenvalue weighted by Crippen LogP contribution is 2.36. The smallest absolute Gasteiger partial charge is 0.185 e. The Labute approximate surface area is 203 Å². The van der Waals surface area contributed by atoms with E-state index in [2.05, 4.69) is 13.8 Å². The molecule has 6 heteroatoms. The molecule has 0 saturated carbocycles. The molecule has 0 heterocycles. The quantitative estimate of drug-likeness (QED) is 0.236. The van der Waals surface area contributed by atoms with Gasteiger partial charge in [-0.15, -0.1) is 0 Å². The van der Waals surface area contributed by atoms with Crippen molar-refractivity contribution in [1.29, 1.82) is 0 Å². The lowest BCUT2D eigenvalue weighted by atomic mass is 10.00. The minimum absolute atomic E-state index is 0.0614. The third-order valence-electron chi connectivity index (χ3n) is 4.93. The summed E-state index contributed by atoms with van der Waals surface area (Å²) in [6.07, 6.45) is 3.33. The van der Waals surface area contributed by atoms with Crippen LogP contribution in [0.4, 0.5) is 0 Å². The first-order valence-corrected chi connectivity index (χ1v) is 11.2. The molecule has 0 aromatic heterocycles. The standard InChI is InChI=1S/C26H23Cl3O3/c1-16(2)18-6-8-19(9-7-18)24(30)10-4-17-5-11-25(31-3)20(12-17)15-32-26-22(28)13-21(27)14-23(26)29/h4-14,16H,15H2,1-3H3/b10-4+. The van der Waals surface area contributed by atoms with Crippen LogP contribution in [0.1, 0.15) is 46.8 Å². The molecule has 0 amide bonds. The van der Waals surface area contributed by atoms with Crippen LogP contribution < -0.4 is 9.47 Å². The molecule has 0 unspecified atom stereocenters. The number of ether oxygens (including phenoxy) is 2. The maximum absolute atomic E-state index is 12.5. The minimum atomic E-state index is -0.0614. The van der Waals surface area contributed by atoms with Gasteiger partial charge in [0.2, 0.25) is 0 Å². The topological polar surface area (TPSA) is 35.5 Å². The molecule has 166 valence electrons. The molecule has 0 bridgehead atoms. The number of halogens is 3. The van der Waals surface area contributed by atoms with Crippen LogP contribution in [0.25, 0.3) is 6.08 Å². The number of carbonyl (C=O) groups excluding carboxylic acids is 1. The van der Waals surface area contributed by atoms with E-state index in [4.69, 9.17) is 44.3 Å². The number of carbonyl (C=O) groups is 1. The predicted octanol–water partition coefficient (Wildman–Crippen LogP) is 8.25. The van der Waals surface area contributed by atoms with Gasteiger partial charge >= 0.3 is 0 Å². The second-order valence-corrected chi connectivity index (χ2v) is 8.78. The van der Waals surface area contributed by atoms with E-state index in [0.29, 0.717) is 38.0 Å². The van der Waals surface area contributed by atoms with Crippen molar-refractivity contribution in [3.05, 3.63) is 98.0 Å².